The van der Waals surface area contributed by atoms with Crippen LogP contribution in [0.25, 0.3) is 11.0 Å². The van der Waals surface area contributed by atoms with Gasteiger partial charge in [0.25, 0.3) is 5.91 Å². The second kappa shape index (κ2) is 7.01. The van der Waals surface area contributed by atoms with E-state index in [1.165, 1.54) is 5.56 Å². The lowest BCUT2D eigenvalue weighted by Crippen LogP contribution is -2.28. The SMILES string of the molecule is CC[C@@H](CNC(=O)c1ccc2nccnc2c1)c1ccccc1. The van der Waals surface area contributed by atoms with E-state index in [-0.39, 0.29) is 5.91 Å². The molecule has 2 aromatic carbocycles. The molecule has 4 nitrogen and oxygen atoms in total. The van der Waals surface area contributed by atoms with E-state index >= 15 is 0 Å². The van der Waals surface area contributed by atoms with Gasteiger partial charge in [-0.2, -0.15) is 0 Å². The first-order chi connectivity index (χ1) is 11.3. The Labute approximate surface area is 135 Å². The summed E-state index contributed by atoms with van der Waals surface area (Å²) in [7, 11) is 0. The topological polar surface area (TPSA) is 54.9 Å². The summed E-state index contributed by atoms with van der Waals surface area (Å²) in [4.78, 5) is 20.8. The molecule has 0 fully saturated rings. The highest BCUT2D eigenvalue weighted by atomic mass is 16.1. The van der Waals surface area contributed by atoms with Crippen molar-refractivity contribution in [1.82, 2.24) is 15.3 Å². The number of carbonyl (C=O) groups excluding carboxylic acids is 1. The van der Waals surface area contributed by atoms with Gasteiger partial charge in [-0.15, -0.1) is 0 Å². The van der Waals surface area contributed by atoms with Crippen LogP contribution in [0, 0.1) is 0 Å². The van der Waals surface area contributed by atoms with Crippen LogP contribution in [0.5, 0.6) is 0 Å². The van der Waals surface area contributed by atoms with Gasteiger partial charge >= 0.3 is 0 Å². The Morgan fingerprint density at radius 3 is 2.52 bits per heavy atom. The summed E-state index contributed by atoms with van der Waals surface area (Å²) in [6.45, 7) is 2.76. The molecule has 4 heteroatoms. The highest BCUT2D eigenvalue weighted by molar-refractivity contribution is 5.97. The summed E-state index contributed by atoms with van der Waals surface area (Å²) in [6.07, 6.45) is 4.26. The fraction of sp³-hybridized carbons (Fsp3) is 0.211. The maximum absolute atomic E-state index is 12.4. The Bertz CT molecular complexity index is 802. The zero-order chi connectivity index (χ0) is 16.1. The Morgan fingerprint density at radius 2 is 1.78 bits per heavy atom. The van der Waals surface area contributed by atoms with Gasteiger partial charge in [-0.1, -0.05) is 37.3 Å². The lowest BCUT2D eigenvalue weighted by Gasteiger charge is -2.16. The Morgan fingerprint density at radius 1 is 1.04 bits per heavy atom. The fourth-order valence-electron chi connectivity index (χ4n) is 2.65. The third kappa shape index (κ3) is 3.54. The van der Waals surface area contributed by atoms with Crippen LogP contribution < -0.4 is 5.32 Å². The van der Waals surface area contributed by atoms with E-state index in [4.69, 9.17) is 0 Å². The molecule has 1 aromatic heterocycles. The standard InChI is InChI=1S/C19H19N3O/c1-2-14(15-6-4-3-5-7-15)13-22-19(23)16-8-9-17-18(12-16)21-11-10-20-17/h3-12,14H,2,13H2,1H3,(H,22,23)/t14-/m0/s1. The number of aromatic nitrogens is 2. The van der Waals surface area contributed by atoms with Crippen molar-refractivity contribution in [2.45, 2.75) is 19.3 Å². The maximum atomic E-state index is 12.4. The van der Waals surface area contributed by atoms with Crippen molar-refractivity contribution in [3.63, 3.8) is 0 Å². The van der Waals surface area contributed by atoms with Crippen molar-refractivity contribution >= 4 is 16.9 Å². The van der Waals surface area contributed by atoms with Crippen molar-refractivity contribution in [1.29, 1.82) is 0 Å². The number of rotatable bonds is 5. The minimum atomic E-state index is -0.0769. The number of amides is 1. The van der Waals surface area contributed by atoms with Crippen LogP contribution in [0.15, 0.2) is 60.9 Å². The molecule has 0 bridgehead atoms. The number of hydrogen-bond acceptors (Lipinski definition) is 3. The molecule has 0 aliphatic carbocycles. The molecule has 1 amide bonds. The van der Waals surface area contributed by atoms with E-state index in [2.05, 4.69) is 34.3 Å². The largest absolute Gasteiger partial charge is 0.351 e. The van der Waals surface area contributed by atoms with Gasteiger partial charge in [0.1, 0.15) is 0 Å². The van der Waals surface area contributed by atoms with Gasteiger partial charge in [-0.3, -0.25) is 14.8 Å². The third-order valence-corrected chi connectivity index (χ3v) is 4.00. The van der Waals surface area contributed by atoms with Gasteiger partial charge < -0.3 is 5.32 Å². The lowest BCUT2D eigenvalue weighted by molar-refractivity contribution is 0.0951. The van der Waals surface area contributed by atoms with E-state index in [1.54, 1.807) is 24.5 Å². The maximum Gasteiger partial charge on any atom is 0.251 e. The van der Waals surface area contributed by atoms with Gasteiger partial charge in [0, 0.05) is 30.4 Å². The van der Waals surface area contributed by atoms with Gasteiger partial charge in [-0.25, -0.2) is 0 Å². The lowest BCUT2D eigenvalue weighted by atomic mass is 9.96. The van der Waals surface area contributed by atoms with E-state index in [9.17, 15) is 4.79 Å². The van der Waals surface area contributed by atoms with Crippen LogP contribution in [0.3, 0.4) is 0 Å². The molecule has 0 saturated carbocycles. The molecule has 0 radical (unpaired) electrons. The summed E-state index contributed by atoms with van der Waals surface area (Å²) in [5, 5.41) is 3.03. The number of carbonyl (C=O) groups is 1. The molecule has 0 spiro atoms. The van der Waals surface area contributed by atoms with E-state index < -0.39 is 0 Å². The molecule has 0 unspecified atom stereocenters. The molecule has 1 heterocycles. The number of benzene rings is 2. The van der Waals surface area contributed by atoms with Crippen molar-refractivity contribution in [2.75, 3.05) is 6.54 Å². The van der Waals surface area contributed by atoms with Crippen molar-refractivity contribution in [3.8, 4) is 0 Å². The first kappa shape index (κ1) is 15.2. The van der Waals surface area contributed by atoms with E-state index in [0.717, 1.165) is 17.5 Å². The molecular formula is C19H19N3O. The van der Waals surface area contributed by atoms with Gasteiger partial charge in [0.2, 0.25) is 0 Å². The van der Waals surface area contributed by atoms with E-state index in [1.807, 2.05) is 24.3 Å². The first-order valence-corrected chi connectivity index (χ1v) is 7.82. The van der Waals surface area contributed by atoms with Gasteiger partial charge in [-0.05, 0) is 30.2 Å². The highest BCUT2D eigenvalue weighted by Gasteiger charge is 2.12. The Hall–Kier alpha value is -2.75. The normalized spacial score (nSPS) is 12.0. The molecule has 116 valence electrons. The first-order valence-electron chi connectivity index (χ1n) is 7.82. The molecule has 0 saturated heterocycles. The van der Waals surface area contributed by atoms with Crippen LogP contribution in [-0.4, -0.2) is 22.4 Å². The second-order valence-corrected chi connectivity index (χ2v) is 5.49. The zero-order valence-corrected chi connectivity index (χ0v) is 13.1. The van der Waals surface area contributed by atoms with Gasteiger partial charge in [0.05, 0.1) is 11.0 Å². The second-order valence-electron chi connectivity index (χ2n) is 5.49. The smallest absolute Gasteiger partial charge is 0.251 e. The summed E-state index contributed by atoms with van der Waals surface area (Å²) in [6, 6.07) is 15.7. The van der Waals surface area contributed by atoms with Crippen LogP contribution >= 0.6 is 0 Å². The predicted octanol–water partition coefficient (Wildman–Crippen LogP) is 3.55. The average Bonchev–Trinajstić information content (AvgIpc) is 2.62. The predicted molar refractivity (Wildman–Crippen MR) is 91.3 cm³/mol. The molecule has 3 rings (SSSR count). The monoisotopic (exact) mass is 305 g/mol. The number of nitrogens with zero attached hydrogens (tertiary/aromatic N) is 2. The van der Waals surface area contributed by atoms with Crippen molar-refractivity contribution in [3.05, 3.63) is 72.1 Å². The van der Waals surface area contributed by atoms with Gasteiger partial charge in [0.15, 0.2) is 0 Å². The van der Waals surface area contributed by atoms with E-state index in [0.29, 0.717) is 18.0 Å². The van der Waals surface area contributed by atoms with Crippen LogP contribution in [-0.2, 0) is 0 Å². The quantitative estimate of drug-likeness (QED) is 0.784. The number of nitrogens with one attached hydrogen (secondary N) is 1. The van der Waals surface area contributed by atoms with Crippen LogP contribution in [0.4, 0.5) is 0 Å². The summed E-state index contributed by atoms with van der Waals surface area (Å²) in [5.74, 6) is 0.243. The Balaban J connectivity index is 1.70. The number of fused-ring (bicyclic) bond motifs is 1. The molecule has 23 heavy (non-hydrogen) atoms. The zero-order valence-electron chi connectivity index (χ0n) is 13.1. The van der Waals surface area contributed by atoms with Crippen molar-refractivity contribution < 1.29 is 4.79 Å². The molecule has 0 aliphatic rings. The molecule has 1 N–H and O–H groups in total. The number of hydrogen-bond donors (Lipinski definition) is 1. The fourth-order valence-corrected chi connectivity index (χ4v) is 2.65. The summed E-state index contributed by atoms with van der Waals surface area (Å²) in [5.41, 5.74) is 3.38. The third-order valence-electron chi connectivity index (χ3n) is 4.00. The molecule has 1 atom stereocenters. The summed E-state index contributed by atoms with van der Waals surface area (Å²) >= 11 is 0. The Kier molecular flexibility index (Phi) is 4.62. The molecular weight excluding hydrogens is 286 g/mol. The molecule has 0 aliphatic heterocycles. The summed E-state index contributed by atoms with van der Waals surface area (Å²) < 4.78 is 0. The molecule has 3 aromatic rings. The average molecular weight is 305 g/mol. The van der Waals surface area contributed by atoms with Crippen molar-refractivity contribution in [2.24, 2.45) is 0 Å². The van der Waals surface area contributed by atoms with Crippen LogP contribution in [0.1, 0.15) is 35.2 Å². The minimum absolute atomic E-state index is 0.0769. The highest BCUT2D eigenvalue weighted by Crippen LogP contribution is 2.18. The van der Waals surface area contributed by atoms with Crippen LogP contribution in [0.2, 0.25) is 0 Å². The minimum Gasteiger partial charge on any atom is -0.351 e.